The molecule has 0 amide bonds. The Morgan fingerprint density at radius 3 is 2.47 bits per heavy atom. The predicted octanol–water partition coefficient (Wildman–Crippen LogP) is 1.82. The first-order chi connectivity index (χ1) is 9.17. The monoisotopic (exact) mass is 258 g/mol. The van der Waals surface area contributed by atoms with Crippen LogP contribution < -0.4 is 10.5 Å². The summed E-state index contributed by atoms with van der Waals surface area (Å²) in [6, 6.07) is 11.4. The molecule has 1 unspecified atom stereocenters. The van der Waals surface area contributed by atoms with Gasteiger partial charge in [0.25, 0.3) is 0 Å². The van der Waals surface area contributed by atoms with Crippen molar-refractivity contribution in [3.05, 3.63) is 53.7 Å². The molecular weight excluding hydrogens is 240 g/mol. The summed E-state index contributed by atoms with van der Waals surface area (Å²) in [6.07, 6.45) is 2.39. The van der Waals surface area contributed by atoms with Crippen molar-refractivity contribution >= 4 is 5.82 Å². The highest BCUT2D eigenvalue weighted by molar-refractivity contribution is 5.32. The van der Waals surface area contributed by atoms with Gasteiger partial charge in [-0.05, 0) is 48.2 Å². The van der Waals surface area contributed by atoms with Crippen molar-refractivity contribution in [1.29, 1.82) is 0 Å². The van der Waals surface area contributed by atoms with Crippen molar-refractivity contribution in [3.63, 3.8) is 0 Å². The van der Waals surface area contributed by atoms with Gasteiger partial charge in [0.2, 0.25) is 0 Å². The average Bonchev–Trinajstić information content (AvgIpc) is 2.39. The lowest BCUT2D eigenvalue weighted by Gasteiger charge is -2.11. The number of hydrogen-bond acceptors (Lipinski definition) is 4. The molecule has 0 aliphatic carbocycles. The van der Waals surface area contributed by atoms with E-state index in [0.717, 1.165) is 16.9 Å². The van der Waals surface area contributed by atoms with E-state index < -0.39 is 6.10 Å². The molecule has 1 aromatic carbocycles. The fourth-order valence-corrected chi connectivity index (χ4v) is 2.00. The highest BCUT2D eigenvalue weighted by atomic mass is 16.5. The third-order valence-corrected chi connectivity index (χ3v) is 2.95. The Hall–Kier alpha value is -2.07. The summed E-state index contributed by atoms with van der Waals surface area (Å²) in [5.41, 5.74) is 7.69. The lowest BCUT2D eigenvalue weighted by molar-refractivity contribution is 0.175. The number of aliphatic hydroxyl groups is 1. The second kappa shape index (κ2) is 6.20. The quantitative estimate of drug-likeness (QED) is 0.858. The predicted molar refractivity (Wildman–Crippen MR) is 75.1 cm³/mol. The molecule has 0 saturated carbocycles. The van der Waals surface area contributed by atoms with Crippen molar-refractivity contribution in [2.24, 2.45) is 0 Å². The van der Waals surface area contributed by atoms with Crippen LogP contribution in [-0.4, -0.2) is 23.3 Å². The third-order valence-electron chi connectivity index (χ3n) is 2.95. The molecule has 2 aromatic rings. The van der Waals surface area contributed by atoms with Crippen LogP contribution in [0.2, 0.25) is 0 Å². The number of rotatable bonds is 5. The fourth-order valence-electron chi connectivity index (χ4n) is 2.00. The zero-order chi connectivity index (χ0) is 13.7. The number of nitrogens with zero attached hydrogens (tertiary/aromatic N) is 1. The Balaban J connectivity index is 1.95. The molecule has 0 bridgehead atoms. The number of ether oxygens (including phenoxy) is 1. The number of benzene rings is 1. The van der Waals surface area contributed by atoms with E-state index in [1.807, 2.05) is 30.3 Å². The summed E-state index contributed by atoms with van der Waals surface area (Å²) in [7, 11) is 1.64. The SMILES string of the molecule is COc1ccc(CC(O)Cc2ccnc(N)c2)cc1. The van der Waals surface area contributed by atoms with E-state index in [-0.39, 0.29) is 0 Å². The van der Waals surface area contributed by atoms with Crippen LogP contribution in [0.25, 0.3) is 0 Å². The van der Waals surface area contributed by atoms with Crippen LogP contribution in [0, 0.1) is 0 Å². The van der Waals surface area contributed by atoms with E-state index in [1.54, 1.807) is 19.4 Å². The van der Waals surface area contributed by atoms with Gasteiger partial charge in [-0.1, -0.05) is 12.1 Å². The van der Waals surface area contributed by atoms with Gasteiger partial charge in [-0.3, -0.25) is 0 Å². The topological polar surface area (TPSA) is 68.4 Å². The van der Waals surface area contributed by atoms with Crippen LogP contribution in [-0.2, 0) is 12.8 Å². The lowest BCUT2D eigenvalue weighted by Crippen LogP contribution is -2.14. The normalized spacial score (nSPS) is 12.1. The van der Waals surface area contributed by atoms with Gasteiger partial charge < -0.3 is 15.6 Å². The highest BCUT2D eigenvalue weighted by Crippen LogP contribution is 2.14. The molecule has 19 heavy (non-hydrogen) atoms. The number of methoxy groups -OCH3 is 1. The van der Waals surface area contributed by atoms with Crippen LogP contribution in [0.4, 0.5) is 5.82 Å². The maximum atomic E-state index is 10.1. The van der Waals surface area contributed by atoms with Crippen LogP contribution >= 0.6 is 0 Å². The van der Waals surface area contributed by atoms with Crippen molar-refractivity contribution in [3.8, 4) is 5.75 Å². The van der Waals surface area contributed by atoms with Crippen LogP contribution in [0.1, 0.15) is 11.1 Å². The molecule has 4 heteroatoms. The van der Waals surface area contributed by atoms with E-state index in [2.05, 4.69) is 4.98 Å². The number of anilines is 1. The summed E-state index contributed by atoms with van der Waals surface area (Å²) in [4.78, 5) is 3.93. The molecule has 0 saturated heterocycles. The summed E-state index contributed by atoms with van der Waals surface area (Å²) < 4.78 is 5.10. The maximum absolute atomic E-state index is 10.1. The van der Waals surface area contributed by atoms with Gasteiger partial charge in [0.1, 0.15) is 11.6 Å². The molecule has 0 aliphatic rings. The van der Waals surface area contributed by atoms with Gasteiger partial charge in [0.05, 0.1) is 13.2 Å². The van der Waals surface area contributed by atoms with Gasteiger partial charge in [-0.2, -0.15) is 0 Å². The van der Waals surface area contributed by atoms with E-state index in [1.165, 1.54) is 0 Å². The minimum Gasteiger partial charge on any atom is -0.497 e. The smallest absolute Gasteiger partial charge is 0.123 e. The molecule has 4 nitrogen and oxygen atoms in total. The molecule has 1 atom stereocenters. The van der Waals surface area contributed by atoms with Crippen molar-refractivity contribution < 1.29 is 9.84 Å². The molecule has 1 aromatic heterocycles. The lowest BCUT2D eigenvalue weighted by atomic mass is 10.0. The number of aliphatic hydroxyl groups excluding tert-OH is 1. The minimum atomic E-state index is -0.435. The first kappa shape index (κ1) is 13.4. The zero-order valence-electron chi connectivity index (χ0n) is 10.9. The molecule has 2 rings (SSSR count). The number of nitrogen functional groups attached to an aromatic ring is 1. The average molecular weight is 258 g/mol. The summed E-state index contributed by atoms with van der Waals surface area (Å²) in [5.74, 6) is 1.30. The molecule has 3 N–H and O–H groups in total. The number of nitrogens with two attached hydrogens (primary N) is 1. The summed E-state index contributed by atoms with van der Waals surface area (Å²) in [5, 5.41) is 10.1. The Bertz CT molecular complexity index is 526. The molecular formula is C15H18N2O2. The van der Waals surface area contributed by atoms with Gasteiger partial charge in [0.15, 0.2) is 0 Å². The van der Waals surface area contributed by atoms with E-state index in [0.29, 0.717) is 18.7 Å². The molecule has 0 spiro atoms. The number of hydrogen-bond donors (Lipinski definition) is 2. The molecule has 0 radical (unpaired) electrons. The van der Waals surface area contributed by atoms with E-state index in [4.69, 9.17) is 10.5 Å². The Labute approximate surface area is 112 Å². The summed E-state index contributed by atoms with van der Waals surface area (Å²) >= 11 is 0. The van der Waals surface area contributed by atoms with Crippen molar-refractivity contribution in [1.82, 2.24) is 4.98 Å². The first-order valence-electron chi connectivity index (χ1n) is 6.19. The van der Waals surface area contributed by atoms with Gasteiger partial charge >= 0.3 is 0 Å². The molecule has 0 aliphatic heterocycles. The largest absolute Gasteiger partial charge is 0.497 e. The van der Waals surface area contributed by atoms with E-state index >= 15 is 0 Å². The minimum absolute atomic E-state index is 0.435. The van der Waals surface area contributed by atoms with Crippen molar-refractivity contribution in [2.75, 3.05) is 12.8 Å². The van der Waals surface area contributed by atoms with Gasteiger partial charge in [-0.15, -0.1) is 0 Å². The first-order valence-corrected chi connectivity index (χ1v) is 6.19. The Morgan fingerprint density at radius 2 is 1.84 bits per heavy atom. The number of pyridine rings is 1. The van der Waals surface area contributed by atoms with Crippen LogP contribution in [0.15, 0.2) is 42.6 Å². The standard InChI is InChI=1S/C15H18N2O2/c1-19-14-4-2-11(3-5-14)8-13(18)9-12-6-7-17-15(16)10-12/h2-7,10,13,18H,8-9H2,1H3,(H2,16,17). The van der Waals surface area contributed by atoms with Gasteiger partial charge in [0, 0.05) is 6.20 Å². The summed E-state index contributed by atoms with van der Waals surface area (Å²) in [6.45, 7) is 0. The Kier molecular flexibility index (Phi) is 4.36. The third kappa shape index (κ3) is 3.96. The molecule has 100 valence electrons. The second-order valence-corrected chi connectivity index (χ2v) is 4.50. The second-order valence-electron chi connectivity index (χ2n) is 4.50. The van der Waals surface area contributed by atoms with E-state index in [9.17, 15) is 5.11 Å². The fraction of sp³-hybridized carbons (Fsp3) is 0.267. The molecule has 1 heterocycles. The highest BCUT2D eigenvalue weighted by Gasteiger charge is 2.07. The van der Waals surface area contributed by atoms with Crippen LogP contribution in [0.5, 0.6) is 5.75 Å². The number of aromatic nitrogens is 1. The van der Waals surface area contributed by atoms with Crippen LogP contribution in [0.3, 0.4) is 0 Å². The van der Waals surface area contributed by atoms with Crippen molar-refractivity contribution in [2.45, 2.75) is 18.9 Å². The Morgan fingerprint density at radius 1 is 1.16 bits per heavy atom. The zero-order valence-corrected chi connectivity index (χ0v) is 10.9. The maximum Gasteiger partial charge on any atom is 0.123 e. The molecule has 0 fully saturated rings. The van der Waals surface area contributed by atoms with Gasteiger partial charge in [-0.25, -0.2) is 4.98 Å².